The number of benzene rings is 2. The molecule has 30 heavy (non-hydrogen) atoms. The van der Waals surface area contributed by atoms with Gasteiger partial charge in [0.2, 0.25) is 11.0 Å². The third-order valence-electron chi connectivity index (χ3n) is 4.86. The molecule has 0 bridgehead atoms. The third-order valence-corrected chi connectivity index (χ3v) is 5.68. The SMILES string of the molecule is CCCCCNC(=O)CN(Cc1ccccc1)c1nc(Cc2ccc(C)cc2)ns1. The van der Waals surface area contributed by atoms with E-state index in [1.165, 1.54) is 22.7 Å². The Bertz CT molecular complexity index is 908. The Morgan fingerprint density at radius 3 is 2.53 bits per heavy atom. The lowest BCUT2D eigenvalue weighted by atomic mass is 10.1. The van der Waals surface area contributed by atoms with Crippen molar-refractivity contribution in [3.63, 3.8) is 0 Å². The zero-order valence-corrected chi connectivity index (χ0v) is 18.6. The van der Waals surface area contributed by atoms with Crippen LogP contribution in [-0.2, 0) is 17.8 Å². The number of carbonyl (C=O) groups excluding carboxylic acids is 1. The number of aryl methyl sites for hydroxylation is 1. The minimum absolute atomic E-state index is 0.0253. The average molecular weight is 423 g/mol. The predicted octanol–water partition coefficient (Wildman–Crippen LogP) is 4.75. The van der Waals surface area contributed by atoms with Crippen molar-refractivity contribution in [3.05, 3.63) is 77.1 Å². The number of carbonyl (C=O) groups is 1. The number of rotatable bonds is 11. The molecule has 1 heterocycles. The van der Waals surface area contributed by atoms with Crippen LogP contribution in [0.15, 0.2) is 54.6 Å². The molecule has 6 heteroatoms. The van der Waals surface area contributed by atoms with E-state index in [0.717, 1.165) is 42.3 Å². The number of hydrogen-bond donors (Lipinski definition) is 1. The van der Waals surface area contributed by atoms with Crippen molar-refractivity contribution in [2.24, 2.45) is 0 Å². The molecule has 0 radical (unpaired) electrons. The minimum atomic E-state index is 0.0253. The van der Waals surface area contributed by atoms with Gasteiger partial charge in [-0.2, -0.15) is 4.37 Å². The second-order valence-corrected chi connectivity index (χ2v) is 8.28. The summed E-state index contributed by atoms with van der Waals surface area (Å²) in [5.74, 6) is 0.817. The zero-order chi connectivity index (χ0) is 21.2. The number of hydrogen-bond acceptors (Lipinski definition) is 5. The molecule has 5 nitrogen and oxygen atoms in total. The molecule has 0 aliphatic carbocycles. The number of anilines is 1. The molecule has 3 aromatic rings. The smallest absolute Gasteiger partial charge is 0.239 e. The fourth-order valence-electron chi connectivity index (χ4n) is 3.16. The summed E-state index contributed by atoms with van der Waals surface area (Å²) in [5, 5.41) is 3.81. The van der Waals surface area contributed by atoms with Crippen molar-refractivity contribution in [2.45, 2.75) is 46.1 Å². The van der Waals surface area contributed by atoms with E-state index >= 15 is 0 Å². The normalized spacial score (nSPS) is 10.7. The van der Waals surface area contributed by atoms with E-state index in [4.69, 9.17) is 4.98 Å². The van der Waals surface area contributed by atoms with Crippen LogP contribution in [0, 0.1) is 6.92 Å². The standard InChI is InChI=1S/C24H30N4OS/c1-3-4-8-15-25-23(29)18-28(17-21-9-6-5-7-10-21)24-26-22(27-30-24)16-20-13-11-19(2)12-14-20/h5-7,9-14H,3-4,8,15-18H2,1-2H3,(H,25,29). The van der Waals surface area contributed by atoms with Crippen molar-refractivity contribution in [3.8, 4) is 0 Å². The summed E-state index contributed by atoms with van der Waals surface area (Å²) in [6.07, 6.45) is 3.98. The molecule has 1 amide bonds. The van der Waals surface area contributed by atoms with E-state index < -0.39 is 0 Å². The van der Waals surface area contributed by atoms with Crippen LogP contribution < -0.4 is 10.2 Å². The molecule has 0 aliphatic heterocycles. The Labute approximate surface area is 183 Å². The van der Waals surface area contributed by atoms with E-state index in [1.54, 1.807) is 0 Å². The Morgan fingerprint density at radius 2 is 1.80 bits per heavy atom. The van der Waals surface area contributed by atoms with Crippen LogP contribution in [0.4, 0.5) is 5.13 Å². The van der Waals surface area contributed by atoms with E-state index in [0.29, 0.717) is 13.0 Å². The molecule has 0 spiro atoms. The van der Waals surface area contributed by atoms with Gasteiger partial charge in [0.25, 0.3) is 0 Å². The highest BCUT2D eigenvalue weighted by atomic mass is 32.1. The summed E-state index contributed by atoms with van der Waals surface area (Å²) in [4.78, 5) is 19.3. The summed E-state index contributed by atoms with van der Waals surface area (Å²) in [6.45, 7) is 5.87. The van der Waals surface area contributed by atoms with Gasteiger partial charge >= 0.3 is 0 Å². The number of unbranched alkanes of at least 4 members (excludes halogenated alkanes) is 2. The molecule has 0 unspecified atom stereocenters. The second-order valence-electron chi connectivity index (χ2n) is 7.55. The molecule has 158 valence electrons. The molecule has 0 saturated heterocycles. The van der Waals surface area contributed by atoms with Crippen LogP contribution in [0.3, 0.4) is 0 Å². The summed E-state index contributed by atoms with van der Waals surface area (Å²) in [7, 11) is 0. The maximum absolute atomic E-state index is 12.5. The van der Waals surface area contributed by atoms with Crippen molar-refractivity contribution >= 4 is 22.6 Å². The second kappa shape index (κ2) is 11.5. The van der Waals surface area contributed by atoms with Gasteiger partial charge in [-0.05, 0) is 24.5 Å². The first-order valence-electron chi connectivity index (χ1n) is 10.6. The summed E-state index contributed by atoms with van der Waals surface area (Å²) >= 11 is 1.36. The maximum Gasteiger partial charge on any atom is 0.239 e. The lowest BCUT2D eigenvalue weighted by Crippen LogP contribution is -2.37. The van der Waals surface area contributed by atoms with Crippen molar-refractivity contribution < 1.29 is 4.79 Å². The van der Waals surface area contributed by atoms with Gasteiger partial charge in [0.05, 0.1) is 6.54 Å². The topological polar surface area (TPSA) is 58.1 Å². The summed E-state index contributed by atoms with van der Waals surface area (Å²) in [5.41, 5.74) is 3.57. The molecule has 3 rings (SSSR count). The molecule has 0 saturated carbocycles. The number of nitrogens with zero attached hydrogens (tertiary/aromatic N) is 3. The Morgan fingerprint density at radius 1 is 1.03 bits per heavy atom. The average Bonchev–Trinajstić information content (AvgIpc) is 3.22. The number of nitrogens with one attached hydrogen (secondary N) is 1. The molecule has 1 aromatic heterocycles. The first kappa shape index (κ1) is 22.0. The largest absolute Gasteiger partial charge is 0.355 e. The third kappa shape index (κ3) is 6.95. The molecule has 0 atom stereocenters. The van der Waals surface area contributed by atoms with E-state index in [9.17, 15) is 4.79 Å². The summed E-state index contributed by atoms with van der Waals surface area (Å²) in [6, 6.07) is 18.6. The van der Waals surface area contributed by atoms with Crippen LogP contribution in [-0.4, -0.2) is 28.4 Å². The van der Waals surface area contributed by atoms with Gasteiger partial charge in [0.15, 0.2) is 0 Å². The van der Waals surface area contributed by atoms with Crippen molar-refractivity contribution in [2.75, 3.05) is 18.0 Å². The van der Waals surface area contributed by atoms with Crippen molar-refractivity contribution in [1.29, 1.82) is 0 Å². The van der Waals surface area contributed by atoms with Gasteiger partial charge in [-0.25, -0.2) is 4.98 Å². The van der Waals surface area contributed by atoms with E-state index in [-0.39, 0.29) is 12.5 Å². The fourth-order valence-corrected chi connectivity index (χ4v) is 3.84. The maximum atomic E-state index is 12.5. The van der Waals surface area contributed by atoms with Gasteiger partial charge in [0, 0.05) is 31.0 Å². The quantitative estimate of drug-likeness (QED) is 0.453. The van der Waals surface area contributed by atoms with Crippen LogP contribution in [0.5, 0.6) is 0 Å². The molecule has 2 aromatic carbocycles. The van der Waals surface area contributed by atoms with Gasteiger partial charge in [-0.1, -0.05) is 79.9 Å². The van der Waals surface area contributed by atoms with E-state index in [2.05, 4.69) is 59.9 Å². The van der Waals surface area contributed by atoms with Crippen LogP contribution in [0.1, 0.15) is 48.7 Å². The first-order chi connectivity index (χ1) is 14.6. The predicted molar refractivity (Wildman–Crippen MR) is 124 cm³/mol. The monoisotopic (exact) mass is 422 g/mol. The Balaban J connectivity index is 1.68. The van der Waals surface area contributed by atoms with Crippen molar-refractivity contribution in [1.82, 2.24) is 14.7 Å². The lowest BCUT2D eigenvalue weighted by molar-refractivity contribution is -0.119. The molecule has 1 N–H and O–H groups in total. The highest BCUT2D eigenvalue weighted by Crippen LogP contribution is 2.21. The molecule has 0 fully saturated rings. The Kier molecular flexibility index (Phi) is 8.39. The van der Waals surface area contributed by atoms with Gasteiger partial charge < -0.3 is 10.2 Å². The molecular weight excluding hydrogens is 392 g/mol. The highest BCUT2D eigenvalue weighted by molar-refractivity contribution is 7.09. The number of aromatic nitrogens is 2. The zero-order valence-electron chi connectivity index (χ0n) is 17.8. The first-order valence-corrected chi connectivity index (χ1v) is 11.3. The highest BCUT2D eigenvalue weighted by Gasteiger charge is 2.17. The van der Waals surface area contributed by atoms with Crippen LogP contribution in [0.2, 0.25) is 0 Å². The van der Waals surface area contributed by atoms with Crippen LogP contribution >= 0.6 is 11.5 Å². The van der Waals surface area contributed by atoms with Gasteiger partial charge in [-0.15, -0.1) is 0 Å². The minimum Gasteiger partial charge on any atom is -0.355 e. The lowest BCUT2D eigenvalue weighted by Gasteiger charge is -2.21. The van der Waals surface area contributed by atoms with Crippen LogP contribution in [0.25, 0.3) is 0 Å². The molecular formula is C24H30N4OS. The Hall–Kier alpha value is -2.73. The summed E-state index contributed by atoms with van der Waals surface area (Å²) < 4.78 is 4.55. The van der Waals surface area contributed by atoms with E-state index in [1.807, 2.05) is 23.1 Å². The fraction of sp³-hybridized carbons (Fsp3) is 0.375. The number of amides is 1. The molecule has 0 aliphatic rings. The van der Waals surface area contributed by atoms with Gasteiger partial charge in [-0.3, -0.25) is 4.79 Å². The van der Waals surface area contributed by atoms with Gasteiger partial charge in [0.1, 0.15) is 5.82 Å².